The molecule has 2 N–H and O–H groups in total. The van der Waals surface area contributed by atoms with Gasteiger partial charge in [0.15, 0.2) is 0 Å². The lowest BCUT2D eigenvalue weighted by Gasteiger charge is -2.10. The zero-order valence-electron chi connectivity index (χ0n) is 11.3. The van der Waals surface area contributed by atoms with E-state index >= 15 is 0 Å². The molecule has 0 spiro atoms. The van der Waals surface area contributed by atoms with E-state index in [0.29, 0.717) is 11.0 Å². The average Bonchev–Trinajstić information content (AvgIpc) is 3.03. The molecule has 0 unspecified atom stereocenters. The van der Waals surface area contributed by atoms with Crippen LogP contribution >= 0.6 is 15.9 Å². The Balaban J connectivity index is 1.73. The first-order valence-corrected chi connectivity index (χ1v) is 7.46. The van der Waals surface area contributed by atoms with E-state index < -0.39 is 0 Å². The lowest BCUT2D eigenvalue weighted by Crippen LogP contribution is -2.00. The second kappa shape index (κ2) is 6.06. The van der Waals surface area contributed by atoms with Gasteiger partial charge in [0, 0.05) is 30.3 Å². The van der Waals surface area contributed by atoms with Crippen molar-refractivity contribution in [3.63, 3.8) is 0 Å². The highest BCUT2D eigenvalue weighted by Crippen LogP contribution is 2.24. The number of rotatable bonds is 4. The smallest absolute Gasteiger partial charge is 0.129 e. The van der Waals surface area contributed by atoms with E-state index in [0.717, 1.165) is 16.9 Å². The zero-order valence-corrected chi connectivity index (χ0v) is 12.9. The van der Waals surface area contributed by atoms with Crippen molar-refractivity contribution < 1.29 is 5.11 Å². The molecule has 0 saturated carbocycles. The maximum Gasteiger partial charge on any atom is 0.129 e. The maximum absolute atomic E-state index is 9.50. The van der Waals surface area contributed by atoms with Gasteiger partial charge in [0.1, 0.15) is 5.75 Å². The summed E-state index contributed by atoms with van der Waals surface area (Å²) in [7, 11) is 0. The van der Waals surface area contributed by atoms with E-state index in [2.05, 4.69) is 37.9 Å². The van der Waals surface area contributed by atoms with Gasteiger partial charge in [-0.05, 0) is 64.0 Å². The third-order valence-electron chi connectivity index (χ3n) is 3.26. The minimum Gasteiger partial charge on any atom is -0.507 e. The van der Waals surface area contributed by atoms with E-state index in [1.807, 2.05) is 48.8 Å². The van der Waals surface area contributed by atoms with Crippen LogP contribution in [-0.2, 0) is 6.54 Å². The van der Waals surface area contributed by atoms with Crippen LogP contribution in [0.5, 0.6) is 5.75 Å². The molecule has 0 amide bonds. The Morgan fingerprint density at radius 3 is 2.57 bits per heavy atom. The highest BCUT2D eigenvalue weighted by atomic mass is 79.9. The number of hydrogen-bond donors (Lipinski definition) is 2. The van der Waals surface area contributed by atoms with Gasteiger partial charge in [-0.25, -0.2) is 0 Å². The normalized spacial score (nSPS) is 10.5. The standard InChI is InChI=1S/C17H15BrN2O/c18-16-10-13(6-7-17(16)21)12-19-14-4-3-5-15(11-14)20-8-1-2-9-20/h1-11,19,21H,12H2. The Labute approximate surface area is 132 Å². The van der Waals surface area contributed by atoms with Crippen LogP contribution in [0.2, 0.25) is 0 Å². The van der Waals surface area contributed by atoms with Gasteiger partial charge in [0.2, 0.25) is 0 Å². The number of nitrogens with one attached hydrogen (secondary N) is 1. The summed E-state index contributed by atoms with van der Waals surface area (Å²) in [5, 5.41) is 12.9. The van der Waals surface area contributed by atoms with E-state index in [1.165, 1.54) is 0 Å². The molecular weight excluding hydrogens is 328 g/mol. The molecule has 0 saturated heterocycles. The van der Waals surface area contributed by atoms with E-state index in [-0.39, 0.29) is 5.75 Å². The highest BCUT2D eigenvalue weighted by molar-refractivity contribution is 9.10. The number of anilines is 1. The van der Waals surface area contributed by atoms with Gasteiger partial charge >= 0.3 is 0 Å². The van der Waals surface area contributed by atoms with Crippen molar-refractivity contribution in [3.8, 4) is 11.4 Å². The number of aromatic nitrogens is 1. The molecule has 0 aliphatic carbocycles. The fraction of sp³-hybridized carbons (Fsp3) is 0.0588. The van der Waals surface area contributed by atoms with Crippen LogP contribution in [0, 0.1) is 0 Å². The first-order valence-electron chi connectivity index (χ1n) is 6.67. The summed E-state index contributed by atoms with van der Waals surface area (Å²) < 4.78 is 2.78. The van der Waals surface area contributed by atoms with Crippen molar-refractivity contribution in [1.29, 1.82) is 0 Å². The first-order chi connectivity index (χ1) is 10.2. The van der Waals surface area contributed by atoms with Gasteiger partial charge in [-0.2, -0.15) is 0 Å². The van der Waals surface area contributed by atoms with Crippen LogP contribution in [0.25, 0.3) is 5.69 Å². The Morgan fingerprint density at radius 2 is 1.81 bits per heavy atom. The van der Waals surface area contributed by atoms with Crippen molar-refractivity contribution in [2.45, 2.75) is 6.54 Å². The second-order valence-corrected chi connectivity index (χ2v) is 5.63. The maximum atomic E-state index is 9.50. The molecule has 21 heavy (non-hydrogen) atoms. The van der Waals surface area contributed by atoms with Gasteiger partial charge in [0.05, 0.1) is 4.47 Å². The lowest BCUT2D eigenvalue weighted by molar-refractivity contribution is 0.471. The molecule has 2 aromatic carbocycles. The van der Waals surface area contributed by atoms with E-state index in [9.17, 15) is 5.11 Å². The molecule has 4 heteroatoms. The monoisotopic (exact) mass is 342 g/mol. The Kier molecular flexibility index (Phi) is 3.97. The molecule has 106 valence electrons. The topological polar surface area (TPSA) is 37.2 Å². The predicted molar refractivity (Wildman–Crippen MR) is 88.9 cm³/mol. The molecule has 0 radical (unpaired) electrons. The number of phenols is 1. The van der Waals surface area contributed by atoms with Crippen LogP contribution in [-0.4, -0.2) is 9.67 Å². The highest BCUT2D eigenvalue weighted by Gasteiger charge is 2.01. The molecule has 0 bridgehead atoms. The van der Waals surface area contributed by atoms with Crippen molar-refractivity contribution in [3.05, 3.63) is 77.0 Å². The van der Waals surface area contributed by atoms with Crippen LogP contribution in [0.1, 0.15) is 5.56 Å². The zero-order chi connectivity index (χ0) is 14.7. The van der Waals surface area contributed by atoms with Crippen LogP contribution in [0.15, 0.2) is 71.5 Å². The summed E-state index contributed by atoms with van der Waals surface area (Å²) in [5.74, 6) is 0.258. The van der Waals surface area contributed by atoms with Gasteiger partial charge in [-0.15, -0.1) is 0 Å². The summed E-state index contributed by atoms with van der Waals surface area (Å²) in [4.78, 5) is 0. The van der Waals surface area contributed by atoms with Crippen LogP contribution in [0.4, 0.5) is 5.69 Å². The molecule has 0 aliphatic rings. The van der Waals surface area contributed by atoms with Crippen LogP contribution in [0.3, 0.4) is 0 Å². The minimum absolute atomic E-state index is 0.258. The molecule has 0 aliphatic heterocycles. The SMILES string of the molecule is Oc1ccc(CNc2cccc(-n3cccc3)c2)cc1Br. The van der Waals surface area contributed by atoms with Crippen molar-refractivity contribution in [2.24, 2.45) is 0 Å². The fourth-order valence-electron chi connectivity index (χ4n) is 2.15. The van der Waals surface area contributed by atoms with Gasteiger partial charge in [0.25, 0.3) is 0 Å². The number of halogens is 1. The van der Waals surface area contributed by atoms with Crippen molar-refractivity contribution >= 4 is 21.6 Å². The average molecular weight is 343 g/mol. The third-order valence-corrected chi connectivity index (χ3v) is 3.89. The van der Waals surface area contributed by atoms with Crippen LogP contribution < -0.4 is 5.32 Å². The molecule has 1 aromatic heterocycles. The summed E-state index contributed by atoms with van der Waals surface area (Å²) in [6, 6.07) is 17.8. The van der Waals surface area contributed by atoms with E-state index in [1.54, 1.807) is 6.07 Å². The van der Waals surface area contributed by atoms with Crippen molar-refractivity contribution in [2.75, 3.05) is 5.32 Å². The summed E-state index contributed by atoms with van der Waals surface area (Å²) >= 11 is 3.33. The molecule has 1 heterocycles. The number of aromatic hydroxyl groups is 1. The number of hydrogen-bond acceptors (Lipinski definition) is 2. The summed E-state index contributed by atoms with van der Waals surface area (Å²) in [6.07, 6.45) is 4.05. The van der Waals surface area contributed by atoms with Crippen molar-refractivity contribution in [1.82, 2.24) is 4.57 Å². The third kappa shape index (κ3) is 3.28. The second-order valence-electron chi connectivity index (χ2n) is 4.78. The number of nitrogens with zero attached hydrogens (tertiary/aromatic N) is 1. The largest absolute Gasteiger partial charge is 0.507 e. The van der Waals surface area contributed by atoms with Gasteiger partial charge < -0.3 is 15.0 Å². The number of benzene rings is 2. The molecule has 3 aromatic rings. The van der Waals surface area contributed by atoms with Gasteiger partial charge in [-0.1, -0.05) is 12.1 Å². The Bertz CT molecular complexity index is 738. The summed E-state index contributed by atoms with van der Waals surface area (Å²) in [6.45, 7) is 0.702. The predicted octanol–water partition coefficient (Wildman–Crippen LogP) is 4.56. The molecule has 0 fully saturated rings. The van der Waals surface area contributed by atoms with E-state index in [4.69, 9.17) is 0 Å². The molecular formula is C17H15BrN2O. The van der Waals surface area contributed by atoms with Gasteiger partial charge in [-0.3, -0.25) is 0 Å². The molecule has 3 nitrogen and oxygen atoms in total. The first kappa shape index (κ1) is 13.8. The quantitative estimate of drug-likeness (QED) is 0.729. The molecule has 0 atom stereocenters. The Hall–Kier alpha value is -2.20. The fourth-order valence-corrected chi connectivity index (χ4v) is 2.57. The molecule has 3 rings (SSSR count). The minimum atomic E-state index is 0.258. The Morgan fingerprint density at radius 1 is 1.00 bits per heavy atom. The summed E-state index contributed by atoms with van der Waals surface area (Å²) in [5.41, 5.74) is 3.29. The lowest BCUT2D eigenvalue weighted by atomic mass is 10.2. The number of phenolic OH excluding ortho intramolecular Hbond substituents is 1.